The third kappa shape index (κ3) is 2.69. The number of rotatable bonds is 1. The van der Waals surface area contributed by atoms with Crippen molar-refractivity contribution in [3.63, 3.8) is 0 Å². The maximum atomic E-state index is 5.29. The van der Waals surface area contributed by atoms with Gasteiger partial charge >= 0.3 is 0 Å². The predicted molar refractivity (Wildman–Crippen MR) is 135 cm³/mol. The zero-order valence-corrected chi connectivity index (χ0v) is 19.0. The molecule has 0 bridgehead atoms. The Labute approximate surface area is 190 Å². The molecule has 0 saturated heterocycles. The van der Waals surface area contributed by atoms with Gasteiger partial charge in [0.1, 0.15) is 0 Å². The predicted octanol–water partition coefficient (Wildman–Crippen LogP) is 8.89. The van der Waals surface area contributed by atoms with Crippen molar-refractivity contribution >= 4 is 75.1 Å². The lowest BCUT2D eigenvalue weighted by atomic mass is 9.92. The Balaban J connectivity index is 1.91. The van der Waals surface area contributed by atoms with E-state index >= 15 is 0 Å². The van der Waals surface area contributed by atoms with Gasteiger partial charge in [-0.2, -0.15) is 0 Å². The van der Waals surface area contributed by atoms with E-state index in [0.717, 1.165) is 31.1 Å². The standard InChI is InChI=1S/C27H15Br2N/c28-17-13-16(14-18(29)15-17)26-24-12-6-4-10-22(24)25-21-9-3-1-7-19(21)20-8-2-5-11-23(20)27(25)30-26/h1-15H. The number of fused-ring (bicyclic) bond motifs is 8. The van der Waals surface area contributed by atoms with Crippen molar-refractivity contribution in [1.82, 2.24) is 4.98 Å². The number of halogens is 2. The summed E-state index contributed by atoms with van der Waals surface area (Å²) in [7, 11) is 0. The van der Waals surface area contributed by atoms with Gasteiger partial charge in [-0.3, -0.25) is 0 Å². The van der Waals surface area contributed by atoms with Crippen molar-refractivity contribution in [1.29, 1.82) is 0 Å². The summed E-state index contributed by atoms with van der Waals surface area (Å²) in [6.45, 7) is 0. The average Bonchev–Trinajstić information content (AvgIpc) is 2.77. The van der Waals surface area contributed by atoms with Gasteiger partial charge in [0, 0.05) is 30.7 Å². The fourth-order valence-electron chi connectivity index (χ4n) is 4.50. The molecule has 1 heterocycles. The molecule has 6 aromatic rings. The first-order valence-corrected chi connectivity index (χ1v) is 11.4. The number of hydrogen-bond donors (Lipinski definition) is 0. The van der Waals surface area contributed by atoms with Crippen molar-refractivity contribution in [2.75, 3.05) is 0 Å². The summed E-state index contributed by atoms with van der Waals surface area (Å²) in [6, 6.07) is 32.2. The molecule has 30 heavy (non-hydrogen) atoms. The van der Waals surface area contributed by atoms with Crippen LogP contribution in [0.2, 0.25) is 0 Å². The van der Waals surface area contributed by atoms with Crippen LogP contribution in [0.5, 0.6) is 0 Å². The van der Waals surface area contributed by atoms with Crippen LogP contribution in [0.1, 0.15) is 0 Å². The van der Waals surface area contributed by atoms with Crippen molar-refractivity contribution in [2.24, 2.45) is 0 Å². The lowest BCUT2D eigenvalue weighted by molar-refractivity contribution is 1.43. The molecule has 0 radical (unpaired) electrons. The second-order valence-electron chi connectivity index (χ2n) is 7.48. The van der Waals surface area contributed by atoms with E-state index in [1.54, 1.807) is 0 Å². The highest BCUT2D eigenvalue weighted by Crippen LogP contribution is 2.41. The molecule has 142 valence electrons. The molecule has 6 rings (SSSR count). The molecular weight excluding hydrogens is 498 g/mol. The Morgan fingerprint density at radius 3 is 1.60 bits per heavy atom. The number of hydrogen-bond acceptors (Lipinski definition) is 1. The Hall–Kier alpha value is -2.75. The van der Waals surface area contributed by atoms with E-state index in [9.17, 15) is 0 Å². The molecule has 0 saturated carbocycles. The van der Waals surface area contributed by atoms with Gasteiger partial charge in [0.15, 0.2) is 0 Å². The molecule has 0 aliphatic carbocycles. The summed E-state index contributed by atoms with van der Waals surface area (Å²) in [5.41, 5.74) is 3.14. The molecule has 0 aliphatic rings. The minimum absolute atomic E-state index is 1.00. The quantitative estimate of drug-likeness (QED) is 0.200. The molecule has 0 atom stereocenters. The lowest BCUT2D eigenvalue weighted by Gasteiger charge is -2.15. The first-order valence-electron chi connectivity index (χ1n) is 9.79. The summed E-state index contributed by atoms with van der Waals surface area (Å²) in [4.78, 5) is 5.29. The van der Waals surface area contributed by atoms with Crippen LogP contribution in [0.25, 0.3) is 54.5 Å². The number of nitrogens with zero attached hydrogens (tertiary/aromatic N) is 1. The van der Waals surface area contributed by atoms with Gasteiger partial charge < -0.3 is 0 Å². The molecule has 0 aliphatic heterocycles. The molecule has 0 amide bonds. The van der Waals surface area contributed by atoms with Crippen LogP contribution >= 0.6 is 31.9 Å². The Kier molecular flexibility index (Phi) is 4.15. The van der Waals surface area contributed by atoms with Gasteiger partial charge in [-0.25, -0.2) is 4.98 Å². The van der Waals surface area contributed by atoms with Crippen LogP contribution in [0.15, 0.2) is 99.9 Å². The molecule has 1 nitrogen and oxygen atoms in total. The van der Waals surface area contributed by atoms with E-state index in [4.69, 9.17) is 4.98 Å². The fraction of sp³-hybridized carbons (Fsp3) is 0. The van der Waals surface area contributed by atoms with E-state index in [1.807, 2.05) is 0 Å². The highest BCUT2D eigenvalue weighted by molar-refractivity contribution is 9.11. The van der Waals surface area contributed by atoms with Gasteiger partial charge in [-0.15, -0.1) is 0 Å². The minimum atomic E-state index is 1.00. The largest absolute Gasteiger partial charge is 0.246 e. The number of pyridine rings is 1. The molecule has 5 aromatic carbocycles. The van der Waals surface area contributed by atoms with E-state index in [2.05, 4.69) is 123 Å². The van der Waals surface area contributed by atoms with Gasteiger partial charge in [-0.1, -0.05) is 105 Å². The Morgan fingerprint density at radius 2 is 0.967 bits per heavy atom. The molecule has 0 fully saturated rings. The number of benzene rings is 5. The van der Waals surface area contributed by atoms with Gasteiger partial charge in [0.2, 0.25) is 0 Å². The highest BCUT2D eigenvalue weighted by Gasteiger charge is 2.16. The maximum absolute atomic E-state index is 5.29. The van der Waals surface area contributed by atoms with Crippen LogP contribution in [-0.2, 0) is 0 Å². The molecule has 3 heteroatoms. The van der Waals surface area contributed by atoms with E-state index in [-0.39, 0.29) is 0 Å². The zero-order chi connectivity index (χ0) is 20.2. The Morgan fingerprint density at radius 1 is 0.500 bits per heavy atom. The van der Waals surface area contributed by atoms with Crippen molar-refractivity contribution in [3.8, 4) is 11.3 Å². The summed E-state index contributed by atoms with van der Waals surface area (Å²) < 4.78 is 2.06. The zero-order valence-electron chi connectivity index (χ0n) is 15.9. The summed E-state index contributed by atoms with van der Waals surface area (Å²) in [5, 5.41) is 8.56. The van der Waals surface area contributed by atoms with Crippen LogP contribution < -0.4 is 0 Å². The monoisotopic (exact) mass is 511 g/mol. The maximum Gasteiger partial charge on any atom is 0.0800 e. The van der Waals surface area contributed by atoms with Gasteiger partial charge in [-0.05, 0) is 39.7 Å². The lowest BCUT2D eigenvalue weighted by Crippen LogP contribution is -1.93. The number of aromatic nitrogens is 1. The average molecular weight is 513 g/mol. The van der Waals surface area contributed by atoms with Crippen molar-refractivity contribution in [2.45, 2.75) is 0 Å². The topological polar surface area (TPSA) is 12.9 Å². The third-order valence-electron chi connectivity index (χ3n) is 5.72. The smallest absolute Gasteiger partial charge is 0.0800 e. The van der Waals surface area contributed by atoms with E-state index < -0.39 is 0 Å². The van der Waals surface area contributed by atoms with Crippen LogP contribution in [0.4, 0.5) is 0 Å². The van der Waals surface area contributed by atoms with Crippen LogP contribution in [0.3, 0.4) is 0 Å². The SMILES string of the molecule is Brc1cc(Br)cc(-c2nc3c4ccccc4c4ccccc4c3c3ccccc23)c1. The second kappa shape index (κ2) is 6.90. The summed E-state index contributed by atoms with van der Waals surface area (Å²) in [6.07, 6.45) is 0. The fourth-order valence-corrected chi connectivity index (χ4v) is 5.80. The van der Waals surface area contributed by atoms with Crippen LogP contribution in [-0.4, -0.2) is 4.98 Å². The van der Waals surface area contributed by atoms with E-state index in [1.165, 1.54) is 32.3 Å². The molecule has 0 N–H and O–H groups in total. The van der Waals surface area contributed by atoms with Gasteiger partial charge in [0.05, 0.1) is 11.2 Å². The molecule has 1 aromatic heterocycles. The minimum Gasteiger partial charge on any atom is -0.246 e. The van der Waals surface area contributed by atoms with Crippen LogP contribution in [0, 0.1) is 0 Å². The third-order valence-corrected chi connectivity index (χ3v) is 6.63. The highest BCUT2D eigenvalue weighted by atomic mass is 79.9. The van der Waals surface area contributed by atoms with Crippen molar-refractivity contribution < 1.29 is 0 Å². The summed E-state index contributed by atoms with van der Waals surface area (Å²) in [5.74, 6) is 0. The normalized spacial score (nSPS) is 11.7. The first kappa shape index (κ1) is 18.1. The van der Waals surface area contributed by atoms with E-state index in [0.29, 0.717) is 0 Å². The van der Waals surface area contributed by atoms with Crippen molar-refractivity contribution in [3.05, 3.63) is 99.9 Å². The molecule has 0 spiro atoms. The first-order chi connectivity index (χ1) is 14.7. The second-order valence-corrected chi connectivity index (χ2v) is 9.31. The Bertz CT molecular complexity index is 1600. The molecule has 0 unspecified atom stereocenters. The molecular formula is C27H15Br2N. The van der Waals surface area contributed by atoms with Gasteiger partial charge in [0.25, 0.3) is 0 Å². The summed E-state index contributed by atoms with van der Waals surface area (Å²) >= 11 is 7.28.